The number of hydrogen-bond acceptors (Lipinski definition) is 0. The van der Waals surface area contributed by atoms with E-state index in [1.807, 2.05) is 6.08 Å². The molecule has 0 aliphatic carbocycles. The second kappa shape index (κ2) is 13.2. The van der Waals surface area contributed by atoms with Gasteiger partial charge in [0.1, 0.15) is 0 Å². The van der Waals surface area contributed by atoms with Gasteiger partial charge in [0.15, 0.2) is 0 Å². The van der Waals surface area contributed by atoms with Gasteiger partial charge in [-0.25, -0.2) is 0 Å². The molecule has 0 N–H and O–H groups in total. The van der Waals surface area contributed by atoms with Gasteiger partial charge in [-0.1, -0.05) is 84.6 Å². The van der Waals surface area contributed by atoms with Gasteiger partial charge in [0.25, 0.3) is 0 Å². The molecular formula is C18H36. The van der Waals surface area contributed by atoms with Crippen molar-refractivity contribution >= 4 is 0 Å². The normalized spacial score (nSPS) is 14.4. The Morgan fingerprint density at radius 1 is 0.778 bits per heavy atom. The second-order valence-electron chi connectivity index (χ2n) is 6.18. The largest absolute Gasteiger partial charge is 0.103 e. The van der Waals surface area contributed by atoms with Gasteiger partial charge >= 0.3 is 0 Å². The third-order valence-corrected chi connectivity index (χ3v) is 4.20. The first-order valence-corrected chi connectivity index (χ1v) is 8.31. The molecule has 18 heavy (non-hydrogen) atoms. The van der Waals surface area contributed by atoms with Crippen LogP contribution in [-0.2, 0) is 0 Å². The molecule has 0 aromatic heterocycles. The molecule has 0 saturated heterocycles. The third kappa shape index (κ3) is 12.2. The molecule has 0 spiro atoms. The van der Waals surface area contributed by atoms with E-state index in [1.165, 1.54) is 70.6 Å². The molecule has 0 aromatic carbocycles. The quantitative estimate of drug-likeness (QED) is 0.251. The lowest BCUT2D eigenvalue weighted by atomic mass is 9.93. The number of allylic oxidation sites excluding steroid dienone is 1. The molecule has 0 radical (unpaired) electrons. The maximum absolute atomic E-state index is 3.76. The van der Waals surface area contributed by atoms with E-state index in [4.69, 9.17) is 0 Å². The van der Waals surface area contributed by atoms with Gasteiger partial charge in [-0.2, -0.15) is 0 Å². The van der Waals surface area contributed by atoms with Gasteiger partial charge in [-0.15, -0.1) is 6.58 Å². The van der Waals surface area contributed by atoms with Gasteiger partial charge in [0.05, 0.1) is 0 Å². The molecule has 0 heteroatoms. The molecule has 0 nitrogen and oxygen atoms in total. The first-order chi connectivity index (χ1) is 8.70. The predicted octanol–water partition coefficient (Wildman–Crippen LogP) is 6.76. The van der Waals surface area contributed by atoms with Crippen molar-refractivity contribution < 1.29 is 0 Å². The topological polar surface area (TPSA) is 0 Å². The molecule has 2 atom stereocenters. The average molecular weight is 252 g/mol. The summed E-state index contributed by atoms with van der Waals surface area (Å²) in [6, 6.07) is 0. The summed E-state index contributed by atoms with van der Waals surface area (Å²) in [7, 11) is 0. The summed E-state index contributed by atoms with van der Waals surface area (Å²) in [5.41, 5.74) is 0. The van der Waals surface area contributed by atoms with Crippen LogP contribution in [-0.4, -0.2) is 0 Å². The van der Waals surface area contributed by atoms with Crippen molar-refractivity contribution in [2.75, 3.05) is 0 Å². The van der Waals surface area contributed by atoms with E-state index >= 15 is 0 Å². The predicted molar refractivity (Wildman–Crippen MR) is 85.0 cm³/mol. The Hall–Kier alpha value is -0.260. The minimum Gasteiger partial charge on any atom is -0.103 e. The number of unbranched alkanes of at least 4 members (excludes halogenated alkanes) is 5. The maximum atomic E-state index is 3.76. The maximum Gasteiger partial charge on any atom is -0.0353 e. The van der Waals surface area contributed by atoms with Crippen LogP contribution in [0.15, 0.2) is 12.7 Å². The summed E-state index contributed by atoms with van der Waals surface area (Å²) < 4.78 is 0. The molecule has 0 amide bonds. The molecule has 0 rings (SSSR count). The highest BCUT2D eigenvalue weighted by molar-refractivity contribution is 4.65. The smallest absolute Gasteiger partial charge is 0.0353 e. The molecule has 0 aliphatic rings. The fourth-order valence-electron chi connectivity index (χ4n) is 2.48. The summed E-state index contributed by atoms with van der Waals surface area (Å²) in [6.45, 7) is 10.9. The Labute approximate surface area is 116 Å². The standard InChI is InChI=1S/C18H36/c1-5-7-8-9-10-11-12-14-18(4)16-13-15-17(3)6-2/h5,17-18H,1,6-16H2,2-4H3/t17-,18+/m1/s1. The lowest BCUT2D eigenvalue weighted by Crippen LogP contribution is -1.98. The van der Waals surface area contributed by atoms with Crippen LogP contribution >= 0.6 is 0 Å². The molecule has 108 valence electrons. The molecule has 0 fully saturated rings. The number of hydrogen-bond donors (Lipinski definition) is 0. The molecule has 0 saturated carbocycles. The Bertz CT molecular complexity index is 171. The zero-order valence-electron chi connectivity index (χ0n) is 13.2. The van der Waals surface area contributed by atoms with Gasteiger partial charge in [-0.05, 0) is 24.7 Å². The van der Waals surface area contributed by atoms with Crippen LogP contribution in [0.5, 0.6) is 0 Å². The van der Waals surface area contributed by atoms with Crippen molar-refractivity contribution in [3.05, 3.63) is 12.7 Å². The van der Waals surface area contributed by atoms with Gasteiger partial charge in [0.2, 0.25) is 0 Å². The van der Waals surface area contributed by atoms with E-state index in [2.05, 4.69) is 27.4 Å². The Morgan fingerprint density at radius 3 is 2.00 bits per heavy atom. The monoisotopic (exact) mass is 252 g/mol. The van der Waals surface area contributed by atoms with Crippen LogP contribution < -0.4 is 0 Å². The average Bonchev–Trinajstić information content (AvgIpc) is 2.37. The molecule has 0 heterocycles. The lowest BCUT2D eigenvalue weighted by Gasteiger charge is -2.13. The van der Waals surface area contributed by atoms with E-state index < -0.39 is 0 Å². The number of rotatable bonds is 13. The van der Waals surface area contributed by atoms with E-state index in [-0.39, 0.29) is 0 Å². The van der Waals surface area contributed by atoms with Crippen molar-refractivity contribution in [3.63, 3.8) is 0 Å². The first-order valence-electron chi connectivity index (χ1n) is 8.31. The van der Waals surface area contributed by atoms with Crippen LogP contribution in [0.1, 0.15) is 91.4 Å². The first kappa shape index (κ1) is 17.7. The molecule has 0 aliphatic heterocycles. The van der Waals surface area contributed by atoms with Crippen molar-refractivity contribution in [2.45, 2.75) is 91.4 Å². The van der Waals surface area contributed by atoms with E-state index in [9.17, 15) is 0 Å². The summed E-state index contributed by atoms with van der Waals surface area (Å²) in [6.07, 6.45) is 17.4. The van der Waals surface area contributed by atoms with E-state index in [0.717, 1.165) is 11.8 Å². The molecule has 0 bridgehead atoms. The molecule has 0 aromatic rings. The second-order valence-corrected chi connectivity index (χ2v) is 6.18. The molecule has 0 unspecified atom stereocenters. The van der Waals surface area contributed by atoms with E-state index in [0.29, 0.717) is 0 Å². The Morgan fingerprint density at radius 2 is 1.33 bits per heavy atom. The van der Waals surface area contributed by atoms with Gasteiger partial charge in [0, 0.05) is 0 Å². The third-order valence-electron chi connectivity index (χ3n) is 4.20. The SMILES string of the molecule is C=CCCCCCCC[C@H](C)CCC[C@H](C)CC. The van der Waals surface area contributed by atoms with Crippen LogP contribution in [0.25, 0.3) is 0 Å². The zero-order valence-corrected chi connectivity index (χ0v) is 13.2. The van der Waals surface area contributed by atoms with E-state index in [1.54, 1.807) is 0 Å². The highest BCUT2D eigenvalue weighted by Gasteiger charge is 2.04. The minimum atomic E-state index is 0.932. The summed E-state index contributed by atoms with van der Waals surface area (Å²) >= 11 is 0. The summed E-state index contributed by atoms with van der Waals surface area (Å²) in [5.74, 6) is 1.88. The summed E-state index contributed by atoms with van der Waals surface area (Å²) in [4.78, 5) is 0. The fourth-order valence-corrected chi connectivity index (χ4v) is 2.48. The highest BCUT2D eigenvalue weighted by atomic mass is 14.1. The Kier molecular flexibility index (Phi) is 13.0. The lowest BCUT2D eigenvalue weighted by molar-refractivity contribution is 0.405. The van der Waals surface area contributed by atoms with Gasteiger partial charge in [-0.3, -0.25) is 0 Å². The van der Waals surface area contributed by atoms with Crippen LogP contribution in [0.3, 0.4) is 0 Å². The van der Waals surface area contributed by atoms with Crippen molar-refractivity contribution in [2.24, 2.45) is 11.8 Å². The minimum absolute atomic E-state index is 0.932. The van der Waals surface area contributed by atoms with Crippen LogP contribution in [0.4, 0.5) is 0 Å². The zero-order chi connectivity index (χ0) is 13.6. The summed E-state index contributed by atoms with van der Waals surface area (Å²) in [5, 5.41) is 0. The van der Waals surface area contributed by atoms with Crippen molar-refractivity contribution in [3.8, 4) is 0 Å². The Balaban J connectivity index is 3.21. The van der Waals surface area contributed by atoms with Crippen LogP contribution in [0.2, 0.25) is 0 Å². The highest BCUT2D eigenvalue weighted by Crippen LogP contribution is 2.19. The van der Waals surface area contributed by atoms with Crippen LogP contribution in [0, 0.1) is 11.8 Å². The van der Waals surface area contributed by atoms with Crippen molar-refractivity contribution in [1.29, 1.82) is 0 Å². The molecular weight excluding hydrogens is 216 g/mol. The van der Waals surface area contributed by atoms with Gasteiger partial charge < -0.3 is 0 Å². The fraction of sp³-hybridized carbons (Fsp3) is 0.889. The van der Waals surface area contributed by atoms with Crippen molar-refractivity contribution in [1.82, 2.24) is 0 Å².